The Labute approximate surface area is 201 Å². The fraction of sp³-hybridized carbons (Fsp3) is 0.565. The highest BCUT2D eigenvalue weighted by Gasteiger charge is 2.42. The van der Waals surface area contributed by atoms with Crippen LogP contribution < -0.4 is 5.32 Å². The number of fused-ring (bicyclic) bond motifs is 3. The number of hydrogen-bond donors (Lipinski definition) is 2. The molecule has 2 aromatic heterocycles. The normalized spacial score (nSPS) is 27.8. The summed E-state index contributed by atoms with van der Waals surface area (Å²) in [5.74, 6) is 1.20. The molecule has 6 rings (SSSR count). The van der Waals surface area contributed by atoms with Gasteiger partial charge in [-0.15, -0.1) is 24.8 Å². The van der Waals surface area contributed by atoms with E-state index in [-0.39, 0.29) is 37.0 Å². The van der Waals surface area contributed by atoms with Gasteiger partial charge in [0, 0.05) is 32.7 Å². The van der Waals surface area contributed by atoms with Gasteiger partial charge in [-0.05, 0) is 55.8 Å². The second-order valence-corrected chi connectivity index (χ2v) is 9.34. The molecular formula is C23H32Cl2N6O. The van der Waals surface area contributed by atoms with Gasteiger partial charge in [-0.25, -0.2) is 4.98 Å². The quantitative estimate of drug-likeness (QED) is 0.605. The number of aromatic nitrogens is 4. The van der Waals surface area contributed by atoms with Crippen LogP contribution in [0.4, 0.5) is 0 Å². The number of hydrogen-bond acceptors (Lipinski definition) is 5. The fourth-order valence-electron chi connectivity index (χ4n) is 5.90. The first kappa shape index (κ1) is 23.5. The molecule has 1 saturated carbocycles. The molecule has 0 spiro atoms. The predicted molar refractivity (Wildman–Crippen MR) is 129 cm³/mol. The summed E-state index contributed by atoms with van der Waals surface area (Å²) in [6.07, 6.45) is 4.65. The Hall–Kier alpha value is -1.64. The van der Waals surface area contributed by atoms with E-state index in [1.807, 2.05) is 18.5 Å². The van der Waals surface area contributed by atoms with Gasteiger partial charge in [0.25, 0.3) is 0 Å². The van der Waals surface area contributed by atoms with Gasteiger partial charge in [-0.1, -0.05) is 12.1 Å². The minimum Gasteiger partial charge on any atom is -0.391 e. The number of nitrogens with zero attached hydrogens (tertiary/aromatic N) is 5. The van der Waals surface area contributed by atoms with Crippen LogP contribution in [0, 0.1) is 11.8 Å². The average Bonchev–Trinajstić information content (AvgIpc) is 3.40. The van der Waals surface area contributed by atoms with E-state index in [2.05, 4.69) is 42.6 Å². The summed E-state index contributed by atoms with van der Waals surface area (Å²) >= 11 is 0. The van der Waals surface area contributed by atoms with Gasteiger partial charge < -0.3 is 15.0 Å². The third kappa shape index (κ3) is 4.29. The molecular weight excluding hydrogens is 447 g/mol. The van der Waals surface area contributed by atoms with E-state index in [0.29, 0.717) is 11.8 Å². The van der Waals surface area contributed by atoms with Crippen LogP contribution >= 0.6 is 24.8 Å². The van der Waals surface area contributed by atoms with Crippen molar-refractivity contribution in [2.45, 2.75) is 51.0 Å². The molecule has 0 bridgehead atoms. The lowest BCUT2D eigenvalue weighted by atomic mass is 9.77. The number of para-hydroxylation sites is 2. The van der Waals surface area contributed by atoms with Crippen LogP contribution in [0.15, 0.2) is 36.7 Å². The maximum absolute atomic E-state index is 11.0. The van der Waals surface area contributed by atoms with Gasteiger partial charge in [0.1, 0.15) is 0 Å². The van der Waals surface area contributed by atoms with Crippen LogP contribution in [0.1, 0.15) is 36.7 Å². The summed E-state index contributed by atoms with van der Waals surface area (Å²) in [4.78, 5) is 7.10. The highest BCUT2D eigenvalue weighted by molar-refractivity contribution is 5.85. The second-order valence-electron chi connectivity index (χ2n) is 9.34. The standard InChI is InChI=1S/C23H30N6O.2ClH/c30-23-9-17-13-27(14-18-10-19-11-24-6-3-7-29(19)26-18)12-16(17)8-22(23)28-15-25-20-4-1-2-5-21(20)28;;/h1-2,4-5,10,15-17,22-24,30H,3,6-9,11-14H2;2*1H/t16-,17+,22-,23-;;/m1../s1. The Morgan fingerprint density at radius 3 is 2.78 bits per heavy atom. The summed E-state index contributed by atoms with van der Waals surface area (Å²) in [6.45, 7) is 6.09. The van der Waals surface area contributed by atoms with Gasteiger partial charge in [-0.3, -0.25) is 9.58 Å². The first-order valence-corrected chi connectivity index (χ1v) is 11.3. The van der Waals surface area contributed by atoms with Crippen LogP contribution in [0.5, 0.6) is 0 Å². The maximum Gasteiger partial charge on any atom is 0.0961 e. The topological polar surface area (TPSA) is 71.1 Å². The molecule has 1 saturated heterocycles. The van der Waals surface area contributed by atoms with Crippen LogP contribution in [0.3, 0.4) is 0 Å². The smallest absolute Gasteiger partial charge is 0.0961 e. The zero-order chi connectivity index (χ0) is 20.1. The van der Waals surface area contributed by atoms with E-state index in [0.717, 1.165) is 69.6 Å². The van der Waals surface area contributed by atoms with Gasteiger partial charge in [-0.2, -0.15) is 5.10 Å². The number of rotatable bonds is 3. The molecule has 3 aromatic rings. The first-order chi connectivity index (χ1) is 14.7. The van der Waals surface area contributed by atoms with Crippen molar-refractivity contribution in [3.05, 3.63) is 48.0 Å². The van der Waals surface area contributed by atoms with E-state index in [9.17, 15) is 5.11 Å². The zero-order valence-electron chi connectivity index (χ0n) is 18.1. The maximum atomic E-state index is 11.0. The fourth-order valence-corrected chi connectivity index (χ4v) is 5.90. The number of halogens is 2. The molecule has 2 fully saturated rings. The van der Waals surface area contributed by atoms with Crippen molar-refractivity contribution >= 4 is 35.8 Å². The number of benzene rings is 1. The van der Waals surface area contributed by atoms with E-state index in [1.54, 1.807) is 0 Å². The molecule has 9 heteroatoms. The summed E-state index contributed by atoms with van der Waals surface area (Å²) in [5.41, 5.74) is 4.63. The number of aryl methyl sites for hydroxylation is 1. The largest absolute Gasteiger partial charge is 0.391 e. The second kappa shape index (κ2) is 9.69. The van der Waals surface area contributed by atoms with Crippen LogP contribution in [-0.4, -0.2) is 55.1 Å². The molecule has 7 nitrogen and oxygen atoms in total. The van der Waals surface area contributed by atoms with Crippen molar-refractivity contribution in [3.8, 4) is 0 Å². The van der Waals surface area contributed by atoms with Crippen molar-refractivity contribution < 1.29 is 5.11 Å². The lowest BCUT2D eigenvalue weighted by Gasteiger charge is -2.36. The van der Waals surface area contributed by atoms with Gasteiger partial charge in [0.2, 0.25) is 0 Å². The number of aliphatic hydroxyl groups excluding tert-OH is 1. The summed E-state index contributed by atoms with van der Waals surface area (Å²) < 4.78 is 4.39. The third-order valence-corrected chi connectivity index (χ3v) is 7.35. The molecule has 2 N–H and O–H groups in total. The highest BCUT2D eigenvalue weighted by atomic mass is 35.5. The molecule has 0 unspecified atom stereocenters. The van der Waals surface area contributed by atoms with Gasteiger partial charge >= 0.3 is 0 Å². The van der Waals surface area contributed by atoms with E-state index < -0.39 is 0 Å². The number of likely N-dealkylation sites (tertiary alicyclic amines) is 1. The monoisotopic (exact) mass is 478 g/mol. The molecule has 0 radical (unpaired) electrons. The number of imidazole rings is 1. The van der Waals surface area contributed by atoms with E-state index in [1.165, 1.54) is 11.4 Å². The number of aliphatic hydroxyl groups is 1. The molecule has 3 aliphatic rings. The Bertz CT molecular complexity index is 1030. The summed E-state index contributed by atoms with van der Waals surface area (Å²) in [6, 6.07) is 10.6. The lowest BCUT2D eigenvalue weighted by Crippen LogP contribution is -2.36. The molecule has 2 aliphatic heterocycles. The zero-order valence-corrected chi connectivity index (χ0v) is 19.8. The third-order valence-electron chi connectivity index (χ3n) is 7.35. The number of nitrogens with one attached hydrogen (secondary N) is 1. The highest BCUT2D eigenvalue weighted by Crippen LogP contribution is 2.42. The molecule has 32 heavy (non-hydrogen) atoms. The minimum absolute atomic E-state index is 0. The van der Waals surface area contributed by atoms with Crippen molar-refractivity contribution in [1.82, 2.24) is 29.5 Å². The molecule has 4 atom stereocenters. The van der Waals surface area contributed by atoms with Crippen molar-refractivity contribution in [2.75, 3.05) is 19.6 Å². The molecule has 1 aromatic carbocycles. The Balaban J connectivity index is 0.00000122. The summed E-state index contributed by atoms with van der Waals surface area (Å²) in [7, 11) is 0. The Kier molecular flexibility index (Phi) is 7.12. The lowest BCUT2D eigenvalue weighted by molar-refractivity contribution is 0.0374. The van der Waals surface area contributed by atoms with Gasteiger partial charge in [0.15, 0.2) is 0 Å². The predicted octanol–water partition coefficient (Wildman–Crippen LogP) is 3.01. The minimum atomic E-state index is -0.307. The molecule has 1 aliphatic carbocycles. The van der Waals surface area contributed by atoms with Crippen molar-refractivity contribution in [3.63, 3.8) is 0 Å². The average molecular weight is 479 g/mol. The Morgan fingerprint density at radius 1 is 1.09 bits per heavy atom. The summed E-state index contributed by atoms with van der Waals surface area (Å²) in [5, 5.41) is 19.3. The van der Waals surface area contributed by atoms with E-state index >= 15 is 0 Å². The van der Waals surface area contributed by atoms with Crippen molar-refractivity contribution in [1.29, 1.82) is 0 Å². The van der Waals surface area contributed by atoms with Crippen LogP contribution in [0.25, 0.3) is 11.0 Å². The first-order valence-electron chi connectivity index (χ1n) is 11.3. The molecule has 174 valence electrons. The molecule has 4 heterocycles. The van der Waals surface area contributed by atoms with Crippen LogP contribution in [-0.2, 0) is 19.6 Å². The van der Waals surface area contributed by atoms with E-state index in [4.69, 9.17) is 5.10 Å². The SMILES string of the molecule is Cl.Cl.O[C@@H]1C[C@H]2CN(Cc3cc4n(n3)CCCNC4)C[C@H]2C[C@H]1n1cnc2ccccc21. The molecule has 0 amide bonds. The van der Waals surface area contributed by atoms with Crippen LogP contribution in [0.2, 0.25) is 0 Å². The Morgan fingerprint density at radius 2 is 1.91 bits per heavy atom. The van der Waals surface area contributed by atoms with Gasteiger partial charge in [0.05, 0.1) is 40.9 Å². The van der Waals surface area contributed by atoms with Crippen molar-refractivity contribution in [2.24, 2.45) is 11.8 Å².